The van der Waals surface area contributed by atoms with Gasteiger partial charge in [-0.3, -0.25) is 0 Å². The maximum atomic E-state index is 2.77. The number of rotatable bonds is 2. The van der Waals surface area contributed by atoms with Crippen molar-refractivity contribution < 1.29 is 0 Å². The molecule has 0 spiro atoms. The van der Waals surface area contributed by atoms with Crippen molar-refractivity contribution in [1.82, 2.24) is 0 Å². The van der Waals surface area contributed by atoms with Crippen LogP contribution < -0.4 is 21.6 Å². The molecule has 2 aromatic rings. The van der Waals surface area contributed by atoms with Crippen LogP contribution in [0.5, 0.6) is 0 Å². The number of hydrogen-bond donors (Lipinski definition) is 0. The molecule has 2 rings (SSSR count). The zero-order valence-corrected chi connectivity index (χ0v) is 15.6. The quantitative estimate of drug-likeness (QED) is 0.585. The van der Waals surface area contributed by atoms with Gasteiger partial charge in [-0.25, -0.2) is 0 Å². The molecule has 0 fully saturated rings. The van der Waals surface area contributed by atoms with Gasteiger partial charge >= 0.3 is 16.5 Å². The van der Waals surface area contributed by atoms with Crippen LogP contribution in [-0.4, -0.2) is 81.7 Å². The first kappa shape index (κ1) is 15.3. The Hall–Kier alpha value is 0.902. The molecule has 0 aliphatic rings. The largest absolute Gasteiger partial charge is 0.453 e. The van der Waals surface area contributed by atoms with Gasteiger partial charge in [0.05, 0.1) is 0 Å². The highest BCUT2D eigenvalue weighted by Crippen LogP contribution is 2.19. The lowest BCUT2D eigenvalue weighted by atomic mass is 10.2. The Labute approximate surface area is 149 Å². The SMILES string of the molecule is [Al][c]1ccc([N]([Al])c2cc[c]([Al])[c]([Al])c2)c[c]1[Al]. The summed E-state index contributed by atoms with van der Waals surface area (Å²) < 4.78 is 6.90. The predicted molar refractivity (Wildman–Crippen MR) is 82.3 cm³/mol. The van der Waals surface area contributed by atoms with E-state index in [1.54, 1.807) is 0 Å². The zero-order valence-electron chi connectivity index (χ0n) is 9.80. The number of hydrogen-bond acceptors (Lipinski definition) is 1. The molecule has 0 amide bonds. The van der Waals surface area contributed by atoms with Gasteiger partial charge in [0.25, 0.3) is 0 Å². The summed E-state index contributed by atoms with van der Waals surface area (Å²) in [7, 11) is 0. The standard InChI is InChI=1S/C12H6N.5Al/c1-3-7-11(8-4-1)13-12-9-5-2-6-10-12;;;;;/h3,5,7-10H;;;;;/q-1;;;;;+1. The first-order chi connectivity index (χ1) is 8.49. The Kier molecular flexibility index (Phi) is 5.58. The summed E-state index contributed by atoms with van der Waals surface area (Å²) in [6, 6.07) is 12.7. The molecule has 0 saturated carbocycles. The molecule has 10 radical (unpaired) electrons. The monoisotopic (exact) mass is 299 g/mol. The summed E-state index contributed by atoms with van der Waals surface area (Å²) in [6.45, 7) is 0. The Morgan fingerprint density at radius 3 is 1.33 bits per heavy atom. The summed E-state index contributed by atoms with van der Waals surface area (Å²) in [5.74, 6) is 0. The van der Waals surface area contributed by atoms with Crippen molar-refractivity contribution in [3.05, 3.63) is 36.4 Å². The van der Waals surface area contributed by atoms with Crippen molar-refractivity contribution in [2.75, 3.05) is 3.88 Å². The molecule has 0 unspecified atom stereocenters. The van der Waals surface area contributed by atoms with Crippen molar-refractivity contribution in [2.24, 2.45) is 0 Å². The minimum absolute atomic E-state index is 1.15. The first-order valence-corrected chi connectivity index (χ1v) is 8.16. The summed E-state index contributed by atoms with van der Waals surface area (Å²) >= 11 is 13.7. The van der Waals surface area contributed by atoms with Crippen molar-refractivity contribution >= 4 is 111 Å². The molecule has 18 heavy (non-hydrogen) atoms. The summed E-state index contributed by atoms with van der Waals surface area (Å²) in [4.78, 5) is 0. The average Bonchev–Trinajstić information content (AvgIpc) is 2.35. The van der Waals surface area contributed by atoms with E-state index in [9.17, 15) is 0 Å². The van der Waals surface area contributed by atoms with E-state index in [2.05, 4.69) is 122 Å². The maximum Gasteiger partial charge on any atom is 0.318 e. The molecule has 0 heterocycles. The number of benzene rings is 2. The Morgan fingerprint density at radius 1 is 0.611 bits per heavy atom. The van der Waals surface area contributed by atoms with Crippen LogP contribution in [0.4, 0.5) is 11.4 Å². The smallest absolute Gasteiger partial charge is 0.318 e. The van der Waals surface area contributed by atoms with Gasteiger partial charge in [0.2, 0.25) is 0 Å². The van der Waals surface area contributed by atoms with E-state index in [4.69, 9.17) is 0 Å². The van der Waals surface area contributed by atoms with E-state index in [0.717, 1.165) is 11.4 Å². The number of anilines is 2. The van der Waals surface area contributed by atoms with E-state index in [-0.39, 0.29) is 0 Å². The van der Waals surface area contributed by atoms with Gasteiger partial charge in [0.1, 0.15) is 0 Å². The Bertz CT molecular complexity index is 533. The average molecular weight is 299 g/mol. The highest BCUT2D eigenvalue weighted by Gasteiger charge is 2.03. The third-order valence-electron chi connectivity index (χ3n) is 2.70. The van der Waals surface area contributed by atoms with Gasteiger partial charge in [-0.05, 0) is 12.1 Å². The second-order valence-electron chi connectivity index (χ2n) is 4.00. The molecule has 0 aliphatic heterocycles. The third-order valence-corrected chi connectivity index (χ3v) is 6.01. The van der Waals surface area contributed by atoms with E-state index in [0.29, 0.717) is 0 Å². The molecular formula is C12H6Al5N. The molecule has 74 valence electrons. The van der Waals surface area contributed by atoms with E-state index in [1.807, 2.05) is 0 Å². The van der Waals surface area contributed by atoms with Gasteiger partial charge in [-0.1, -0.05) is 24.3 Å². The molecular weight excluding hydrogens is 293 g/mol. The lowest BCUT2D eigenvalue weighted by Crippen LogP contribution is -2.28. The second-order valence-corrected chi connectivity index (χ2v) is 7.00. The first-order valence-electron chi connectivity index (χ1n) is 5.34. The van der Waals surface area contributed by atoms with E-state index in [1.165, 1.54) is 17.7 Å². The minimum Gasteiger partial charge on any atom is -0.453 e. The molecule has 2 aromatic carbocycles. The van der Waals surface area contributed by atoms with Crippen molar-refractivity contribution in [2.45, 2.75) is 0 Å². The van der Waals surface area contributed by atoms with Gasteiger partial charge in [0, 0.05) is 11.4 Å². The Morgan fingerprint density at radius 2 is 1.00 bits per heavy atom. The summed E-state index contributed by atoms with van der Waals surface area (Å²) in [5, 5.41) is 0. The fourth-order valence-corrected chi connectivity index (χ4v) is 2.79. The van der Waals surface area contributed by atoms with Crippen LogP contribution in [0.25, 0.3) is 0 Å². The molecule has 0 N–H and O–H groups in total. The van der Waals surface area contributed by atoms with E-state index < -0.39 is 0 Å². The highest BCUT2D eigenvalue weighted by molar-refractivity contribution is 6.49. The van der Waals surface area contributed by atoms with Crippen LogP contribution in [-0.2, 0) is 0 Å². The van der Waals surface area contributed by atoms with E-state index >= 15 is 0 Å². The predicted octanol–water partition coefficient (Wildman–Crippen LogP) is -1.92. The van der Waals surface area contributed by atoms with Gasteiger partial charge in [-0.2, -0.15) is 17.7 Å². The van der Waals surface area contributed by atoms with Gasteiger partial charge in [0.15, 0.2) is 65.2 Å². The van der Waals surface area contributed by atoms with Crippen molar-refractivity contribution in [3.63, 3.8) is 0 Å². The molecule has 0 aliphatic carbocycles. The Balaban J connectivity index is 2.37. The minimum atomic E-state index is 1.15. The summed E-state index contributed by atoms with van der Waals surface area (Å²) in [6.07, 6.45) is 0. The molecule has 0 atom stereocenters. The van der Waals surface area contributed by atoms with Crippen molar-refractivity contribution in [3.8, 4) is 0 Å². The fourth-order valence-electron chi connectivity index (χ4n) is 1.57. The lowest BCUT2D eigenvalue weighted by molar-refractivity contribution is 1.44. The zero-order chi connectivity index (χ0) is 13.3. The fraction of sp³-hybridized carbons (Fsp3) is 0. The van der Waals surface area contributed by atoms with Crippen LogP contribution in [0.3, 0.4) is 0 Å². The molecule has 1 nitrogen and oxygen atoms in total. The molecule has 0 bridgehead atoms. The lowest BCUT2D eigenvalue weighted by Gasteiger charge is -2.25. The summed E-state index contributed by atoms with van der Waals surface area (Å²) in [5.41, 5.74) is 2.30. The van der Waals surface area contributed by atoms with Crippen LogP contribution >= 0.6 is 0 Å². The normalized spacial score (nSPS) is 10.2. The van der Waals surface area contributed by atoms with Crippen LogP contribution in [0.1, 0.15) is 0 Å². The van der Waals surface area contributed by atoms with Gasteiger partial charge < -0.3 is 3.88 Å². The van der Waals surface area contributed by atoms with Crippen LogP contribution in [0.2, 0.25) is 0 Å². The second kappa shape index (κ2) is 6.57. The topological polar surface area (TPSA) is 3.24 Å². The third kappa shape index (κ3) is 3.51. The highest BCUT2D eigenvalue weighted by atomic mass is 27.1. The number of nitrogens with zero attached hydrogens (tertiary/aromatic N) is 1. The maximum absolute atomic E-state index is 2.77. The molecule has 0 aromatic heterocycles. The van der Waals surface area contributed by atoms with Crippen LogP contribution in [0.15, 0.2) is 36.4 Å². The molecule has 6 heteroatoms. The van der Waals surface area contributed by atoms with Crippen LogP contribution in [0, 0.1) is 0 Å². The van der Waals surface area contributed by atoms with Gasteiger partial charge in [-0.15, -0.1) is 0 Å². The van der Waals surface area contributed by atoms with Crippen molar-refractivity contribution in [1.29, 1.82) is 0 Å². The molecule has 0 saturated heterocycles.